The number of nitrogens with zero attached hydrogens (tertiary/aromatic N) is 1. The molecule has 0 spiro atoms. The average molecular weight is 406 g/mol. The zero-order chi connectivity index (χ0) is 20.6. The lowest BCUT2D eigenvalue weighted by molar-refractivity contribution is 0.332. The third kappa shape index (κ3) is 2.73. The second-order valence-corrected chi connectivity index (χ2v) is 10.0. The van der Waals surface area contributed by atoms with E-state index < -0.39 is 0 Å². The third-order valence-corrected chi connectivity index (χ3v) is 7.10. The molecule has 0 atom stereocenters. The Balaban J connectivity index is 1.87. The minimum atomic E-state index is -0.232. The number of para-hydroxylation sites is 1. The zero-order valence-corrected chi connectivity index (χ0v) is 18.1. The van der Waals surface area contributed by atoms with Gasteiger partial charge in [-0.15, -0.1) is 0 Å². The highest BCUT2D eigenvalue weighted by Crippen LogP contribution is 2.47. The Morgan fingerprint density at radius 2 is 1.55 bits per heavy atom. The Morgan fingerprint density at radius 1 is 0.828 bits per heavy atom. The summed E-state index contributed by atoms with van der Waals surface area (Å²) in [5.74, 6) is -0.232. The standard InChI is InChI=1S/C26H25ClFN/c1-25(2)12-13-26(3,4)21-15-17(9-10-20(21)25)29-23-11-8-16(28)14-19(23)18-6-5-7-22(27)24(18)29/h5-11,14-15H,12-13H2,1-4H3. The molecule has 1 aliphatic carbocycles. The van der Waals surface area contributed by atoms with E-state index in [2.05, 4.69) is 50.5 Å². The van der Waals surface area contributed by atoms with Gasteiger partial charge in [0.05, 0.1) is 16.1 Å². The summed E-state index contributed by atoms with van der Waals surface area (Å²) in [5.41, 5.74) is 6.10. The lowest BCUT2D eigenvalue weighted by atomic mass is 9.63. The summed E-state index contributed by atoms with van der Waals surface area (Å²) >= 11 is 6.65. The molecule has 29 heavy (non-hydrogen) atoms. The minimum absolute atomic E-state index is 0.121. The van der Waals surface area contributed by atoms with Crippen molar-refractivity contribution in [1.29, 1.82) is 0 Å². The van der Waals surface area contributed by atoms with Crippen molar-refractivity contribution in [2.75, 3.05) is 0 Å². The van der Waals surface area contributed by atoms with Crippen LogP contribution in [0.4, 0.5) is 4.39 Å². The lowest BCUT2D eigenvalue weighted by Crippen LogP contribution is -2.33. The molecule has 0 fully saturated rings. The van der Waals surface area contributed by atoms with Gasteiger partial charge in [0.15, 0.2) is 0 Å². The van der Waals surface area contributed by atoms with Gasteiger partial charge in [-0.25, -0.2) is 4.39 Å². The Morgan fingerprint density at radius 3 is 2.31 bits per heavy atom. The van der Waals surface area contributed by atoms with E-state index >= 15 is 0 Å². The van der Waals surface area contributed by atoms with Crippen LogP contribution in [0.5, 0.6) is 0 Å². The van der Waals surface area contributed by atoms with Crippen LogP contribution in [0.2, 0.25) is 5.02 Å². The van der Waals surface area contributed by atoms with Gasteiger partial charge in [0.1, 0.15) is 5.82 Å². The molecule has 0 N–H and O–H groups in total. The van der Waals surface area contributed by atoms with E-state index in [4.69, 9.17) is 11.6 Å². The maximum atomic E-state index is 14.0. The number of hydrogen-bond donors (Lipinski definition) is 0. The van der Waals surface area contributed by atoms with E-state index in [9.17, 15) is 4.39 Å². The summed E-state index contributed by atoms with van der Waals surface area (Å²) in [6.45, 7) is 9.33. The summed E-state index contributed by atoms with van der Waals surface area (Å²) in [7, 11) is 0. The largest absolute Gasteiger partial charge is 0.308 e. The highest BCUT2D eigenvalue weighted by Gasteiger charge is 2.37. The van der Waals surface area contributed by atoms with Crippen molar-refractivity contribution >= 4 is 33.4 Å². The van der Waals surface area contributed by atoms with Crippen molar-refractivity contribution in [1.82, 2.24) is 4.57 Å². The fourth-order valence-electron chi connectivity index (χ4n) is 4.98. The summed E-state index contributed by atoms with van der Waals surface area (Å²) < 4.78 is 16.2. The molecular formula is C26H25ClFN. The molecule has 0 saturated carbocycles. The van der Waals surface area contributed by atoms with Gasteiger partial charge in [-0.3, -0.25) is 0 Å². The molecule has 1 heterocycles. The maximum absolute atomic E-state index is 14.0. The molecule has 1 nitrogen and oxygen atoms in total. The van der Waals surface area contributed by atoms with Crippen molar-refractivity contribution in [2.24, 2.45) is 0 Å². The van der Waals surface area contributed by atoms with Gasteiger partial charge in [0.25, 0.3) is 0 Å². The monoisotopic (exact) mass is 405 g/mol. The van der Waals surface area contributed by atoms with Gasteiger partial charge in [-0.2, -0.15) is 0 Å². The molecule has 0 unspecified atom stereocenters. The fourth-order valence-corrected chi connectivity index (χ4v) is 5.24. The fraction of sp³-hybridized carbons (Fsp3) is 0.308. The van der Waals surface area contributed by atoms with Crippen molar-refractivity contribution in [3.63, 3.8) is 0 Å². The van der Waals surface area contributed by atoms with E-state index in [-0.39, 0.29) is 16.6 Å². The first-order valence-corrected chi connectivity index (χ1v) is 10.6. The van der Waals surface area contributed by atoms with Crippen LogP contribution in [-0.2, 0) is 10.8 Å². The molecule has 0 saturated heterocycles. The summed E-state index contributed by atoms with van der Waals surface area (Å²) in [6.07, 6.45) is 2.35. The quantitative estimate of drug-likeness (QED) is 0.303. The van der Waals surface area contributed by atoms with Gasteiger partial charge >= 0.3 is 0 Å². The van der Waals surface area contributed by atoms with E-state index in [0.717, 1.165) is 33.9 Å². The third-order valence-electron chi connectivity index (χ3n) is 6.79. The minimum Gasteiger partial charge on any atom is -0.308 e. The van der Waals surface area contributed by atoms with Crippen molar-refractivity contribution in [2.45, 2.75) is 51.4 Å². The second kappa shape index (κ2) is 6.09. The molecule has 0 aliphatic heterocycles. The molecule has 4 aromatic rings. The predicted octanol–water partition coefficient (Wildman–Crippen LogP) is 7.93. The summed E-state index contributed by atoms with van der Waals surface area (Å²) in [4.78, 5) is 0. The highest BCUT2D eigenvalue weighted by atomic mass is 35.5. The Hall–Kier alpha value is -2.32. The first-order valence-electron chi connectivity index (χ1n) is 10.2. The first kappa shape index (κ1) is 18.7. The molecule has 1 aliphatic rings. The van der Waals surface area contributed by atoms with Crippen LogP contribution in [-0.4, -0.2) is 4.57 Å². The van der Waals surface area contributed by atoms with E-state index in [1.807, 2.05) is 24.3 Å². The van der Waals surface area contributed by atoms with Gasteiger partial charge in [0, 0.05) is 16.5 Å². The van der Waals surface area contributed by atoms with Crippen LogP contribution in [0, 0.1) is 5.82 Å². The first-order chi connectivity index (χ1) is 13.7. The molecule has 148 valence electrons. The van der Waals surface area contributed by atoms with Gasteiger partial charge < -0.3 is 4.57 Å². The molecule has 0 amide bonds. The van der Waals surface area contributed by atoms with Crippen LogP contribution in [0.15, 0.2) is 54.6 Å². The molecule has 5 rings (SSSR count). The number of hydrogen-bond acceptors (Lipinski definition) is 0. The lowest BCUT2D eigenvalue weighted by Gasteiger charge is -2.42. The Kier molecular flexibility index (Phi) is 3.93. The maximum Gasteiger partial charge on any atom is 0.123 e. The molecule has 3 heteroatoms. The molecule has 0 bridgehead atoms. The summed E-state index contributed by atoms with van der Waals surface area (Å²) in [5, 5.41) is 2.54. The second-order valence-electron chi connectivity index (χ2n) is 9.63. The average Bonchev–Trinajstić information content (AvgIpc) is 3.00. The zero-order valence-electron chi connectivity index (χ0n) is 17.3. The van der Waals surface area contributed by atoms with Gasteiger partial charge in [-0.1, -0.05) is 57.5 Å². The number of aromatic nitrogens is 1. The number of fused-ring (bicyclic) bond motifs is 4. The predicted molar refractivity (Wildman–Crippen MR) is 121 cm³/mol. The molecule has 3 aromatic carbocycles. The van der Waals surface area contributed by atoms with Crippen molar-refractivity contribution < 1.29 is 4.39 Å². The normalized spacial score (nSPS) is 17.6. The number of rotatable bonds is 1. The number of benzene rings is 3. The smallest absolute Gasteiger partial charge is 0.123 e. The SMILES string of the molecule is CC1(C)CCC(C)(C)c2cc(-n3c4ccc(F)cc4c4cccc(Cl)c43)ccc21. The Labute approximate surface area is 176 Å². The van der Waals surface area contributed by atoms with Crippen LogP contribution < -0.4 is 0 Å². The molecule has 0 radical (unpaired) electrons. The van der Waals surface area contributed by atoms with E-state index in [0.29, 0.717) is 5.02 Å². The van der Waals surface area contributed by atoms with Crippen LogP contribution in [0.25, 0.3) is 27.5 Å². The van der Waals surface area contributed by atoms with Gasteiger partial charge in [-0.05, 0) is 71.2 Å². The van der Waals surface area contributed by atoms with Crippen LogP contribution >= 0.6 is 11.6 Å². The van der Waals surface area contributed by atoms with Crippen molar-refractivity contribution in [3.05, 3.63) is 76.6 Å². The molecular weight excluding hydrogens is 381 g/mol. The van der Waals surface area contributed by atoms with Crippen molar-refractivity contribution in [3.8, 4) is 5.69 Å². The highest BCUT2D eigenvalue weighted by molar-refractivity contribution is 6.36. The van der Waals surface area contributed by atoms with E-state index in [1.165, 1.54) is 23.6 Å². The van der Waals surface area contributed by atoms with Gasteiger partial charge in [0.2, 0.25) is 0 Å². The summed E-state index contributed by atoms with van der Waals surface area (Å²) in [6, 6.07) is 17.6. The number of halogens is 2. The topological polar surface area (TPSA) is 4.93 Å². The van der Waals surface area contributed by atoms with E-state index in [1.54, 1.807) is 6.07 Å². The molecule has 1 aromatic heterocycles. The van der Waals surface area contributed by atoms with Crippen LogP contribution in [0.1, 0.15) is 51.7 Å². The van der Waals surface area contributed by atoms with Crippen LogP contribution in [0.3, 0.4) is 0 Å². The Bertz CT molecular complexity index is 1280.